The van der Waals surface area contributed by atoms with E-state index < -0.39 is 0 Å². The zero-order valence-electron chi connectivity index (χ0n) is 10.1. The SMILES string of the molecule is Cc1cc(-n2cc(C)c3c(Cl)ncnc32)ccn1. The maximum atomic E-state index is 6.12. The molecule has 0 atom stereocenters. The predicted molar refractivity (Wildman–Crippen MR) is 71.1 cm³/mol. The van der Waals surface area contributed by atoms with Gasteiger partial charge in [-0.1, -0.05) is 11.6 Å². The topological polar surface area (TPSA) is 43.6 Å². The molecule has 0 aliphatic heterocycles. The lowest BCUT2D eigenvalue weighted by atomic mass is 10.3. The van der Waals surface area contributed by atoms with E-state index in [4.69, 9.17) is 11.6 Å². The molecule has 0 amide bonds. The van der Waals surface area contributed by atoms with E-state index in [1.54, 1.807) is 6.20 Å². The number of hydrogen-bond acceptors (Lipinski definition) is 3. The molecule has 0 saturated heterocycles. The number of hydrogen-bond donors (Lipinski definition) is 0. The number of nitrogens with zero attached hydrogens (tertiary/aromatic N) is 4. The normalized spacial score (nSPS) is 11.1. The Labute approximate surface area is 109 Å². The fourth-order valence-corrected chi connectivity index (χ4v) is 2.35. The zero-order chi connectivity index (χ0) is 12.7. The van der Waals surface area contributed by atoms with Crippen molar-refractivity contribution in [3.05, 3.63) is 47.3 Å². The molecule has 0 aliphatic carbocycles. The number of rotatable bonds is 1. The summed E-state index contributed by atoms with van der Waals surface area (Å²) in [6.45, 7) is 3.96. The molecule has 3 aromatic heterocycles. The fraction of sp³-hybridized carbons (Fsp3) is 0.154. The molecule has 90 valence electrons. The summed E-state index contributed by atoms with van der Waals surface area (Å²) < 4.78 is 2.01. The van der Waals surface area contributed by atoms with Gasteiger partial charge in [0.25, 0.3) is 0 Å². The van der Waals surface area contributed by atoms with Gasteiger partial charge in [-0.25, -0.2) is 9.97 Å². The minimum absolute atomic E-state index is 0.488. The predicted octanol–water partition coefficient (Wildman–Crippen LogP) is 3.09. The average molecular weight is 259 g/mol. The average Bonchev–Trinajstić information content (AvgIpc) is 2.68. The van der Waals surface area contributed by atoms with Crippen molar-refractivity contribution in [2.24, 2.45) is 0 Å². The molecule has 0 radical (unpaired) electrons. The Kier molecular flexibility index (Phi) is 2.52. The zero-order valence-corrected chi connectivity index (χ0v) is 10.8. The van der Waals surface area contributed by atoms with Gasteiger partial charge in [0.15, 0.2) is 0 Å². The second-order valence-corrected chi connectivity index (χ2v) is 4.56. The molecule has 3 aromatic rings. The van der Waals surface area contributed by atoms with Crippen LogP contribution >= 0.6 is 11.6 Å². The van der Waals surface area contributed by atoms with E-state index in [1.165, 1.54) is 6.33 Å². The monoisotopic (exact) mass is 258 g/mol. The molecular formula is C13H11ClN4. The summed E-state index contributed by atoms with van der Waals surface area (Å²) in [7, 11) is 0. The first-order valence-electron chi connectivity index (χ1n) is 5.58. The van der Waals surface area contributed by atoms with Crippen LogP contribution < -0.4 is 0 Å². The van der Waals surface area contributed by atoms with Gasteiger partial charge >= 0.3 is 0 Å². The highest BCUT2D eigenvalue weighted by Crippen LogP contribution is 2.27. The summed E-state index contributed by atoms with van der Waals surface area (Å²) in [5.41, 5.74) is 3.87. The molecule has 0 spiro atoms. The third-order valence-electron chi connectivity index (χ3n) is 2.88. The third kappa shape index (κ3) is 1.66. The van der Waals surface area contributed by atoms with Crippen LogP contribution in [-0.2, 0) is 0 Å². The second kappa shape index (κ2) is 4.07. The molecule has 0 saturated carbocycles. The van der Waals surface area contributed by atoms with Crippen LogP contribution in [0.25, 0.3) is 16.7 Å². The number of fused-ring (bicyclic) bond motifs is 1. The Morgan fingerprint density at radius 3 is 2.78 bits per heavy atom. The number of aromatic nitrogens is 4. The van der Waals surface area contributed by atoms with Crippen LogP contribution in [0.2, 0.25) is 5.15 Å². The van der Waals surface area contributed by atoms with Crippen molar-refractivity contribution in [3.63, 3.8) is 0 Å². The van der Waals surface area contributed by atoms with Gasteiger partial charge in [-0.05, 0) is 31.5 Å². The molecule has 4 nitrogen and oxygen atoms in total. The van der Waals surface area contributed by atoms with E-state index in [0.29, 0.717) is 5.15 Å². The van der Waals surface area contributed by atoms with Crippen LogP contribution in [0.5, 0.6) is 0 Å². The molecule has 0 aliphatic rings. The van der Waals surface area contributed by atoms with Crippen LogP contribution in [0.4, 0.5) is 0 Å². The van der Waals surface area contributed by atoms with Crippen molar-refractivity contribution >= 4 is 22.6 Å². The summed E-state index contributed by atoms with van der Waals surface area (Å²) in [4.78, 5) is 12.5. The molecule has 0 N–H and O–H groups in total. The Bertz CT molecular complexity index is 733. The van der Waals surface area contributed by atoms with Gasteiger partial charge in [-0.2, -0.15) is 0 Å². The quantitative estimate of drug-likeness (QED) is 0.630. The fourth-order valence-electron chi connectivity index (χ4n) is 2.07. The molecule has 3 rings (SSSR count). The van der Waals surface area contributed by atoms with Crippen LogP contribution in [0.3, 0.4) is 0 Å². The molecule has 0 unspecified atom stereocenters. The maximum Gasteiger partial charge on any atom is 0.149 e. The molecule has 18 heavy (non-hydrogen) atoms. The van der Waals surface area contributed by atoms with E-state index in [1.807, 2.05) is 36.7 Å². The Hall–Kier alpha value is -1.94. The summed E-state index contributed by atoms with van der Waals surface area (Å²) in [6, 6.07) is 3.96. The van der Waals surface area contributed by atoms with Crippen LogP contribution in [-0.4, -0.2) is 19.5 Å². The van der Waals surface area contributed by atoms with Crippen molar-refractivity contribution in [2.45, 2.75) is 13.8 Å². The van der Waals surface area contributed by atoms with Crippen LogP contribution in [0.15, 0.2) is 30.9 Å². The summed E-state index contributed by atoms with van der Waals surface area (Å²) in [5, 5.41) is 1.38. The van der Waals surface area contributed by atoms with Gasteiger partial charge in [-0.15, -0.1) is 0 Å². The number of aryl methyl sites for hydroxylation is 2. The largest absolute Gasteiger partial charge is 0.301 e. The molecular weight excluding hydrogens is 248 g/mol. The Morgan fingerprint density at radius 1 is 1.17 bits per heavy atom. The van der Waals surface area contributed by atoms with Crippen molar-refractivity contribution in [1.29, 1.82) is 0 Å². The lowest BCUT2D eigenvalue weighted by molar-refractivity contribution is 1.05. The van der Waals surface area contributed by atoms with Crippen molar-refractivity contribution in [2.75, 3.05) is 0 Å². The van der Waals surface area contributed by atoms with Crippen LogP contribution in [0, 0.1) is 13.8 Å². The molecule has 0 fully saturated rings. The second-order valence-electron chi connectivity index (χ2n) is 4.20. The first kappa shape index (κ1) is 11.2. The van der Waals surface area contributed by atoms with Gasteiger partial charge in [0.2, 0.25) is 0 Å². The van der Waals surface area contributed by atoms with Crippen molar-refractivity contribution in [3.8, 4) is 5.69 Å². The lowest BCUT2D eigenvalue weighted by Crippen LogP contribution is -1.95. The Morgan fingerprint density at radius 2 is 2.00 bits per heavy atom. The summed E-state index contributed by atoms with van der Waals surface area (Å²) in [6.07, 6.45) is 5.28. The molecule has 5 heteroatoms. The number of pyridine rings is 1. The first-order chi connectivity index (χ1) is 8.66. The highest BCUT2D eigenvalue weighted by Gasteiger charge is 2.12. The van der Waals surface area contributed by atoms with Crippen molar-refractivity contribution < 1.29 is 0 Å². The summed E-state index contributed by atoms with van der Waals surface area (Å²) in [5.74, 6) is 0. The molecule has 0 aromatic carbocycles. The van der Waals surface area contributed by atoms with Gasteiger partial charge in [0.1, 0.15) is 17.1 Å². The highest BCUT2D eigenvalue weighted by molar-refractivity contribution is 6.34. The maximum absolute atomic E-state index is 6.12. The van der Waals surface area contributed by atoms with Gasteiger partial charge < -0.3 is 4.57 Å². The van der Waals surface area contributed by atoms with Crippen LogP contribution in [0.1, 0.15) is 11.3 Å². The third-order valence-corrected chi connectivity index (χ3v) is 3.17. The lowest BCUT2D eigenvalue weighted by Gasteiger charge is -2.04. The Balaban J connectivity index is 2.34. The minimum Gasteiger partial charge on any atom is -0.301 e. The van der Waals surface area contributed by atoms with E-state index >= 15 is 0 Å². The molecule has 3 heterocycles. The standard InChI is InChI=1S/C13H11ClN4/c1-8-6-18(10-3-4-15-9(2)5-10)13-11(8)12(14)16-7-17-13/h3-7H,1-2H3. The van der Waals surface area contributed by atoms with Gasteiger partial charge in [0, 0.05) is 18.1 Å². The molecule has 0 bridgehead atoms. The van der Waals surface area contributed by atoms with Gasteiger partial charge in [0.05, 0.1) is 11.1 Å². The highest BCUT2D eigenvalue weighted by atomic mass is 35.5. The van der Waals surface area contributed by atoms with E-state index in [0.717, 1.165) is 28.0 Å². The minimum atomic E-state index is 0.488. The number of halogens is 1. The van der Waals surface area contributed by atoms with E-state index in [2.05, 4.69) is 15.0 Å². The van der Waals surface area contributed by atoms with Crippen molar-refractivity contribution in [1.82, 2.24) is 19.5 Å². The first-order valence-corrected chi connectivity index (χ1v) is 5.96. The van der Waals surface area contributed by atoms with E-state index in [-0.39, 0.29) is 0 Å². The van der Waals surface area contributed by atoms with E-state index in [9.17, 15) is 0 Å². The smallest absolute Gasteiger partial charge is 0.149 e. The van der Waals surface area contributed by atoms with Gasteiger partial charge in [-0.3, -0.25) is 4.98 Å². The summed E-state index contributed by atoms with van der Waals surface area (Å²) >= 11 is 6.12.